The molecule has 2 aromatic heterocycles. The third-order valence-electron chi connectivity index (χ3n) is 1.78. The average molecular weight is 239 g/mol. The lowest BCUT2D eigenvalue weighted by Gasteiger charge is -1.87. The highest BCUT2D eigenvalue weighted by molar-refractivity contribution is 7.09. The second-order valence-electron chi connectivity index (χ2n) is 2.95. The summed E-state index contributed by atoms with van der Waals surface area (Å²) in [6.07, 6.45) is 0.696. The van der Waals surface area contributed by atoms with Crippen LogP contribution in [0.3, 0.4) is 0 Å². The molecule has 0 aliphatic carbocycles. The van der Waals surface area contributed by atoms with Crippen LogP contribution >= 0.6 is 11.3 Å². The van der Waals surface area contributed by atoms with E-state index in [1.54, 1.807) is 5.38 Å². The largest absolute Gasteiger partial charge is 0.363 e. The van der Waals surface area contributed by atoms with Gasteiger partial charge in [-0.2, -0.15) is 4.98 Å². The molecule has 0 aliphatic rings. The molecule has 16 heavy (non-hydrogen) atoms. The molecule has 2 aromatic rings. The Hall–Kier alpha value is -1.80. The third kappa shape index (κ3) is 2.07. The Morgan fingerprint density at radius 1 is 1.50 bits per heavy atom. The van der Waals surface area contributed by atoms with Gasteiger partial charge in [-0.25, -0.2) is 4.98 Å². The van der Waals surface area contributed by atoms with Crippen LogP contribution in [0.2, 0.25) is 0 Å². The van der Waals surface area contributed by atoms with Crippen LogP contribution in [0.15, 0.2) is 9.90 Å². The first-order valence-corrected chi connectivity index (χ1v) is 5.37. The lowest BCUT2D eigenvalue weighted by Crippen LogP contribution is -2.12. The summed E-state index contributed by atoms with van der Waals surface area (Å²) in [6.45, 7) is 0.531. The van der Waals surface area contributed by atoms with E-state index in [-0.39, 0.29) is 11.7 Å². The molecule has 8 heteroatoms. The summed E-state index contributed by atoms with van der Waals surface area (Å²) in [7, 11) is 0. The maximum atomic E-state index is 10.8. The van der Waals surface area contributed by atoms with Crippen molar-refractivity contribution in [2.45, 2.75) is 6.42 Å². The molecule has 0 spiro atoms. The van der Waals surface area contributed by atoms with E-state index in [0.717, 1.165) is 5.01 Å². The molecular formula is C8H9N5O2S. The van der Waals surface area contributed by atoms with Crippen LogP contribution in [0, 0.1) is 0 Å². The van der Waals surface area contributed by atoms with Crippen LogP contribution in [-0.2, 0) is 6.42 Å². The van der Waals surface area contributed by atoms with Crippen molar-refractivity contribution >= 4 is 17.2 Å². The Morgan fingerprint density at radius 3 is 2.94 bits per heavy atom. The summed E-state index contributed by atoms with van der Waals surface area (Å²) in [5.41, 5.74) is 10.9. The SMILES string of the molecule is NCCc1nc(-c2nc(C(N)=O)no2)cs1. The van der Waals surface area contributed by atoms with E-state index in [4.69, 9.17) is 16.0 Å². The van der Waals surface area contributed by atoms with Gasteiger partial charge in [0.25, 0.3) is 17.6 Å². The molecule has 2 rings (SSSR count). The number of thiazole rings is 1. The molecule has 0 unspecified atom stereocenters. The number of nitrogens with two attached hydrogens (primary N) is 2. The molecule has 7 nitrogen and oxygen atoms in total. The lowest BCUT2D eigenvalue weighted by atomic mass is 10.4. The zero-order valence-corrected chi connectivity index (χ0v) is 9.03. The fraction of sp³-hybridized carbons (Fsp3) is 0.250. The van der Waals surface area contributed by atoms with E-state index in [2.05, 4.69) is 15.1 Å². The van der Waals surface area contributed by atoms with E-state index in [9.17, 15) is 4.79 Å². The zero-order chi connectivity index (χ0) is 11.5. The van der Waals surface area contributed by atoms with Crippen molar-refractivity contribution in [2.24, 2.45) is 11.5 Å². The molecular weight excluding hydrogens is 230 g/mol. The summed E-state index contributed by atoms with van der Waals surface area (Å²) in [5.74, 6) is -0.691. The second kappa shape index (κ2) is 4.37. The number of rotatable bonds is 4. The summed E-state index contributed by atoms with van der Waals surface area (Å²) in [4.78, 5) is 18.8. The van der Waals surface area contributed by atoms with Crippen molar-refractivity contribution < 1.29 is 9.32 Å². The predicted molar refractivity (Wildman–Crippen MR) is 56.7 cm³/mol. The highest BCUT2D eigenvalue weighted by Crippen LogP contribution is 2.20. The summed E-state index contributed by atoms with van der Waals surface area (Å²) in [5, 5.41) is 6.08. The number of amides is 1. The van der Waals surface area contributed by atoms with Crippen molar-refractivity contribution in [1.82, 2.24) is 15.1 Å². The van der Waals surface area contributed by atoms with Gasteiger partial charge in [0.1, 0.15) is 5.69 Å². The lowest BCUT2D eigenvalue weighted by molar-refractivity contribution is 0.0987. The van der Waals surface area contributed by atoms with Gasteiger partial charge in [0, 0.05) is 11.8 Å². The average Bonchev–Trinajstić information content (AvgIpc) is 2.84. The Kier molecular flexibility index (Phi) is 2.93. The molecule has 0 aromatic carbocycles. The first-order valence-electron chi connectivity index (χ1n) is 4.49. The molecule has 0 saturated carbocycles. The molecule has 2 heterocycles. The van der Waals surface area contributed by atoms with Crippen molar-refractivity contribution in [3.8, 4) is 11.6 Å². The number of hydrogen-bond acceptors (Lipinski definition) is 7. The molecule has 1 amide bonds. The number of carbonyl (C=O) groups is 1. The van der Waals surface area contributed by atoms with Crippen LogP contribution in [0.1, 0.15) is 15.6 Å². The molecule has 0 bridgehead atoms. The van der Waals surface area contributed by atoms with Gasteiger partial charge in [0.15, 0.2) is 0 Å². The quantitative estimate of drug-likeness (QED) is 0.761. The molecule has 0 aliphatic heterocycles. The molecule has 0 fully saturated rings. The minimum Gasteiger partial charge on any atom is -0.363 e. The van der Waals surface area contributed by atoms with E-state index >= 15 is 0 Å². The molecule has 0 saturated heterocycles. The Morgan fingerprint density at radius 2 is 2.31 bits per heavy atom. The van der Waals surface area contributed by atoms with Crippen molar-refractivity contribution in [2.75, 3.05) is 6.54 Å². The van der Waals surface area contributed by atoms with Crippen molar-refractivity contribution in [1.29, 1.82) is 0 Å². The monoisotopic (exact) mass is 239 g/mol. The van der Waals surface area contributed by atoms with Gasteiger partial charge in [-0.05, 0) is 6.54 Å². The standard InChI is InChI=1S/C8H9N5O2S/c9-2-1-5-11-4(3-16-5)8-12-7(6(10)14)13-15-8/h3H,1-2,9H2,(H2,10,14). The van der Waals surface area contributed by atoms with Gasteiger partial charge in [0.2, 0.25) is 0 Å². The van der Waals surface area contributed by atoms with Gasteiger partial charge in [-0.1, -0.05) is 5.16 Å². The normalized spacial score (nSPS) is 10.6. The van der Waals surface area contributed by atoms with E-state index in [0.29, 0.717) is 18.7 Å². The number of hydrogen-bond donors (Lipinski definition) is 2. The predicted octanol–water partition coefficient (Wildman–Crippen LogP) is -0.207. The maximum absolute atomic E-state index is 10.8. The van der Waals surface area contributed by atoms with Gasteiger partial charge in [-0.3, -0.25) is 4.79 Å². The molecule has 84 valence electrons. The minimum absolute atomic E-state index is 0.150. The van der Waals surface area contributed by atoms with Crippen LogP contribution in [0.4, 0.5) is 0 Å². The van der Waals surface area contributed by atoms with Gasteiger partial charge < -0.3 is 16.0 Å². The smallest absolute Gasteiger partial charge is 0.290 e. The van der Waals surface area contributed by atoms with Crippen LogP contribution < -0.4 is 11.5 Å². The first-order chi connectivity index (χ1) is 7.70. The summed E-state index contributed by atoms with van der Waals surface area (Å²) < 4.78 is 4.85. The Labute approximate surface area is 94.5 Å². The van der Waals surface area contributed by atoms with Gasteiger partial charge >= 0.3 is 0 Å². The molecule has 4 N–H and O–H groups in total. The van der Waals surface area contributed by atoms with Gasteiger partial charge in [-0.15, -0.1) is 11.3 Å². The van der Waals surface area contributed by atoms with Crippen LogP contribution in [0.5, 0.6) is 0 Å². The van der Waals surface area contributed by atoms with Crippen molar-refractivity contribution in [3.63, 3.8) is 0 Å². The highest BCUT2D eigenvalue weighted by Gasteiger charge is 2.15. The van der Waals surface area contributed by atoms with E-state index in [1.165, 1.54) is 11.3 Å². The minimum atomic E-state index is -0.729. The number of aromatic nitrogens is 3. The number of carbonyl (C=O) groups excluding carboxylic acids is 1. The molecule has 0 atom stereocenters. The molecule has 0 radical (unpaired) electrons. The summed E-state index contributed by atoms with van der Waals surface area (Å²) >= 11 is 1.45. The van der Waals surface area contributed by atoms with Crippen LogP contribution in [0.25, 0.3) is 11.6 Å². The fourth-order valence-electron chi connectivity index (χ4n) is 1.08. The Bertz CT molecular complexity index is 506. The fourth-order valence-corrected chi connectivity index (χ4v) is 1.86. The first kappa shape index (κ1) is 10.7. The van der Waals surface area contributed by atoms with Gasteiger partial charge in [0.05, 0.1) is 5.01 Å². The topological polar surface area (TPSA) is 121 Å². The van der Waals surface area contributed by atoms with E-state index in [1.807, 2.05) is 0 Å². The Balaban J connectivity index is 2.24. The highest BCUT2D eigenvalue weighted by atomic mass is 32.1. The zero-order valence-electron chi connectivity index (χ0n) is 8.21. The van der Waals surface area contributed by atoms with Crippen LogP contribution in [-0.4, -0.2) is 27.6 Å². The number of primary amides is 1. The third-order valence-corrected chi connectivity index (χ3v) is 2.68. The second-order valence-corrected chi connectivity index (χ2v) is 3.90. The summed E-state index contributed by atoms with van der Waals surface area (Å²) in [6, 6.07) is 0. The van der Waals surface area contributed by atoms with Crippen molar-refractivity contribution in [3.05, 3.63) is 16.2 Å². The van der Waals surface area contributed by atoms with E-state index < -0.39 is 5.91 Å². The number of nitrogens with zero attached hydrogens (tertiary/aromatic N) is 3. The maximum Gasteiger partial charge on any atom is 0.290 e.